The molecule has 0 N–H and O–H groups in total. The Balaban J connectivity index is 1.42. The molecule has 2 heterocycles. The zero-order chi connectivity index (χ0) is 21.5. The number of hydrogen-bond donors (Lipinski definition) is 0. The monoisotopic (exact) mass is 454 g/mol. The minimum atomic E-state index is -0.348. The fourth-order valence-electron chi connectivity index (χ4n) is 3.22. The van der Waals surface area contributed by atoms with Gasteiger partial charge in [0.2, 0.25) is 0 Å². The summed E-state index contributed by atoms with van der Waals surface area (Å²) in [6.45, 7) is 0.167. The molecule has 1 aliphatic heterocycles. The summed E-state index contributed by atoms with van der Waals surface area (Å²) in [5, 5.41) is 0. The van der Waals surface area contributed by atoms with Crippen molar-refractivity contribution in [2.45, 2.75) is 17.5 Å². The van der Waals surface area contributed by atoms with E-state index in [-0.39, 0.29) is 24.9 Å². The number of halogens is 1. The van der Waals surface area contributed by atoms with E-state index in [0.717, 1.165) is 5.69 Å². The quantitative estimate of drug-likeness (QED) is 0.458. The van der Waals surface area contributed by atoms with Crippen molar-refractivity contribution < 1.29 is 13.9 Å². The molecule has 1 fully saturated rings. The first-order valence-electron chi connectivity index (χ1n) is 10.1. The summed E-state index contributed by atoms with van der Waals surface area (Å²) in [6.07, 6.45) is 2.95. The summed E-state index contributed by atoms with van der Waals surface area (Å²) < 4.78 is 19.6. The van der Waals surface area contributed by atoms with E-state index in [9.17, 15) is 9.18 Å². The van der Waals surface area contributed by atoms with Crippen LogP contribution in [0.4, 0.5) is 10.1 Å². The van der Waals surface area contributed by atoms with Gasteiger partial charge in [-0.3, -0.25) is 9.78 Å². The molecule has 0 spiro atoms. The number of anilines is 1. The topological polar surface area (TPSA) is 42.4 Å². The molecule has 1 aliphatic rings. The summed E-state index contributed by atoms with van der Waals surface area (Å²) >= 11 is 3.95. The van der Waals surface area contributed by atoms with Crippen LogP contribution in [0.1, 0.15) is 22.3 Å². The summed E-state index contributed by atoms with van der Waals surface area (Å²) in [4.78, 5) is 18.9. The first-order valence-corrected chi connectivity index (χ1v) is 12.2. The molecule has 3 aromatic rings. The Bertz CT molecular complexity index is 979. The Kier molecular flexibility index (Phi) is 7.48. The molecule has 4 nitrogen and oxygen atoms in total. The highest BCUT2D eigenvalue weighted by Crippen LogP contribution is 2.43. The third-order valence-corrected chi connectivity index (χ3v) is 7.84. The summed E-state index contributed by atoms with van der Waals surface area (Å²) in [5.41, 5.74) is 2.62. The van der Waals surface area contributed by atoms with Gasteiger partial charge in [0.25, 0.3) is 5.91 Å². The Labute approximate surface area is 190 Å². The van der Waals surface area contributed by atoms with E-state index in [4.69, 9.17) is 4.74 Å². The molecule has 0 bridgehead atoms. The van der Waals surface area contributed by atoms with Gasteiger partial charge in [0.15, 0.2) is 6.61 Å². The SMILES string of the molecule is O=C(COc1ccc(C2SCCCS2)cc1)N(Cc1ccccn1)c1ccc(F)cc1. The second-order valence-corrected chi connectivity index (χ2v) is 9.79. The van der Waals surface area contributed by atoms with E-state index in [0.29, 0.717) is 16.0 Å². The van der Waals surface area contributed by atoms with Gasteiger partial charge in [0, 0.05) is 11.9 Å². The average molecular weight is 455 g/mol. The van der Waals surface area contributed by atoms with E-state index < -0.39 is 0 Å². The molecule has 0 saturated carbocycles. The molecule has 31 heavy (non-hydrogen) atoms. The maximum absolute atomic E-state index is 13.4. The van der Waals surface area contributed by atoms with Crippen LogP contribution < -0.4 is 9.64 Å². The van der Waals surface area contributed by atoms with Crippen molar-refractivity contribution in [1.29, 1.82) is 0 Å². The van der Waals surface area contributed by atoms with E-state index in [2.05, 4.69) is 17.1 Å². The van der Waals surface area contributed by atoms with Crippen molar-refractivity contribution in [1.82, 2.24) is 4.98 Å². The van der Waals surface area contributed by atoms with Crippen molar-refractivity contribution in [3.63, 3.8) is 0 Å². The minimum Gasteiger partial charge on any atom is -0.484 e. The lowest BCUT2D eigenvalue weighted by atomic mass is 10.2. The number of carbonyl (C=O) groups excluding carboxylic acids is 1. The maximum atomic E-state index is 13.4. The van der Waals surface area contributed by atoms with Crippen LogP contribution in [0.2, 0.25) is 0 Å². The number of carbonyl (C=O) groups is 1. The predicted octanol–water partition coefficient (Wildman–Crippen LogP) is 5.70. The molecule has 1 saturated heterocycles. The molecule has 1 amide bonds. The maximum Gasteiger partial charge on any atom is 0.265 e. The lowest BCUT2D eigenvalue weighted by Gasteiger charge is -2.23. The van der Waals surface area contributed by atoms with Crippen LogP contribution in [-0.2, 0) is 11.3 Å². The molecule has 7 heteroatoms. The number of amides is 1. The highest BCUT2D eigenvalue weighted by atomic mass is 32.2. The zero-order valence-electron chi connectivity index (χ0n) is 16.9. The Morgan fingerprint density at radius 2 is 1.77 bits per heavy atom. The van der Waals surface area contributed by atoms with Crippen LogP contribution in [0.25, 0.3) is 0 Å². The van der Waals surface area contributed by atoms with Crippen LogP contribution in [0.15, 0.2) is 72.9 Å². The van der Waals surface area contributed by atoms with Gasteiger partial charge in [-0.25, -0.2) is 4.39 Å². The third kappa shape index (κ3) is 6.02. The van der Waals surface area contributed by atoms with E-state index in [1.54, 1.807) is 23.2 Å². The number of hydrogen-bond acceptors (Lipinski definition) is 5. The number of rotatable bonds is 7. The van der Waals surface area contributed by atoms with E-state index in [1.165, 1.54) is 35.6 Å². The summed E-state index contributed by atoms with van der Waals surface area (Å²) in [6, 6.07) is 19.4. The van der Waals surface area contributed by atoms with Gasteiger partial charge in [-0.15, -0.1) is 23.5 Å². The van der Waals surface area contributed by atoms with E-state index >= 15 is 0 Å². The van der Waals surface area contributed by atoms with Gasteiger partial charge in [-0.2, -0.15) is 0 Å². The van der Waals surface area contributed by atoms with Crippen LogP contribution in [0.5, 0.6) is 5.75 Å². The van der Waals surface area contributed by atoms with Gasteiger partial charge in [-0.1, -0.05) is 18.2 Å². The standard InChI is InChI=1S/C24H23FN2O2S2/c25-19-7-9-21(10-8-19)27(16-20-4-1-2-13-26-20)23(28)17-29-22-11-5-18(6-12-22)24-30-14-3-15-31-24/h1-2,4-13,24H,3,14-17H2. The molecule has 2 aromatic carbocycles. The number of thioether (sulfide) groups is 2. The highest BCUT2D eigenvalue weighted by molar-refractivity contribution is 8.16. The lowest BCUT2D eigenvalue weighted by Crippen LogP contribution is -2.34. The fraction of sp³-hybridized carbons (Fsp3) is 0.250. The summed E-state index contributed by atoms with van der Waals surface area (Å²) in [7, 11) is 0. The number of aromatic nitrogens is 1. The number of pyridine rings is 1. The first-order chi connectivity index (χ1) is 15.2. The van der Waals surface area contributed by atoms with Gasteiger partial charge >= 0.3 is 0 Å². The Morgan fingerprint density at radius 1 is 1.03 bits per heavy atom. The summed E-state index contributed by atoms with van der Waals surface area (Å²) in [5.74, 6) is 2.47. The van der Waals surface area contributed by atoms with Crippen LogP contribution in [0.3, 0.4) is 0 Å². The minimum absolute atomic E-state index is 0.115. The van der Waals surface area contributed by atoms with Crippen molar-refractivity contribution >= 4 is 35.1 Å². The van der Waals surface area contributed by atoms with Gasteiger partial charge < -0.3 is 9.64 Å². The van der Waals surface area contributed by atoms with E-state index in [1.807, 2.05) is 53.9 Å². The fourth-order valence-corrected chi connectivity index (χ4v) is 6.12. The molecule has 0 radical (unpaired) electrons. The molecule has 0 unspecified atom stereocenters. The second kappa shape index (κ2) is 10.7. The molecule has 4 rings (SSSR count). The van der Waals surface area contributed by atoms with Gasteiger partial charge in [-0.05, 0) is 72.0 Å². The molecule has 160 valence electrons. The van der Waals surface area contributed by atoms with Crippen LogP contribution in [0, 0.1) is 5.82 Å². The van der Waals surface area contributed by atoms with Crippen molar-refractivity contribution in [3.8, 4) is 5.75 Å². The van der Waals surface area contributed by atoms with Crippen LogP contribution in [-0.4, -0.2) is 29.0 Å². The molecule has 1 aromatic heterocycles. The number of nitrogens with zero attached hydrogens (tertiary/aromatic N) is 2. The third-order valence-electron chi connectivity index (χ3n) is 4.83. The van der Waals surface area contributed by atoms with Crippen molar-refractivity contribution in [2.75, 3.05) is 23.0 Å². The average Bonchev–Trinajstić information content (AvgIpc) is 2.83. The predicted molar refractivity (Wildman–Crippen MR) is 126 cm³/mol. The van der Waals surface area contributed by atoms with Gasteiger partial charge in [0.1, 0.15) is 11.6 Å². The first kappa shape index (κ1) is 21.7. The molecule has 0 atom stereocenters. The Morgan fingerprint density at radius 3 is 2.45 bits per heavy atom. The lowest BCUT2D eigenvalue weighted by molar-refractivity contribution is -0.120. The van der Waals surface area contributed by atoms with Gasteiger partial charge in [0.05, 0.1) is 16.8 Å². The van der Waals surface area contributed by atoms with Crippen LogP contribution >= 0.6 is 23.5 Å². The normalized spacial score (nSPS) is 14.2. The molecule has 0 aliphatic carbocycles. The smallest absolute Gasteiger partial charge is 0.265 e. The zero-order valence-corrected chi connectivity index (χ0v) is 18.6. The molecular weight excluding hydrogens is 431 g/mol. The number of benzene rings is 2. The molecular formula is C24H23FN2O2S2. The highest BCUT2D eigenvalue weighted by Gasteiger charge is 2.19. The van der Waals surface area contributed by atoms with Crippen molar-refractivity contribution in [3.05, 3.63) is 90.0 Å². The largest absolute Gasteiger partial charge is 0.484 e. The van der Waals surface area contributed by atoms with Crippen molar-refractivity contribution in [2.24, 2.45) is 0 Å². The Hall–Kier alpha value is -2.51. The second-order valence-electron chi connectivity index (χ2n) is 7.06. The number of ether oxygens (including phenoxy) is 1.